The second-order valence-electron chi connectivity index (χ2n) is 4.67. The molecule has 2 nitrogen and oxygen atoms in total. The molecule has 0 radical (unpaired) electrons. The molecule has 2 aromatic carbocycles. The molecule has 2 aromatic rings. The Kier molecular flexibility index (Phi) is 4.74. The number of hydrogen-bond donors (Lipinski definition) is 0. The summed E-state index contributed by atoms with van der Waals surface area (Å²) in [6, 6.07) is 8.56. The van der Waals surface area contributed by atoms with Crippen molar-refractivity contribution in [3.8, 4) is 11.5 Å². The van der Waals surface area contributed by atoms with Crippen molar-refractivity contribution in [2.75, 3.05) is 13.2 Å². The fourth-order valence-corrected chi connectivity index (χ4v) is 3.18. The molecule has 0 fully saturated rings. The normalized spacial score (nSPS) is 13.2. The van der Waals surface area contributed by atoms with Gasteiger partial charge in [-0.3, -0.25) is 0 Å². The van der Waals surface area contributed by atoms with Gasteiger partial charge in [0.05, 0.1) is 10.0 Å². The predicted molar refractivity (Wildman–Crippen MR) is 91.9 cm³/mol. The Morgan fingerprint density at radius 1 is 0.955 bits per heavy atom. The van der Waals surface area contributed by atoms with Crippen molar-refractivity contribution in [3.05, 3.63) is 62.1 Å². The monoisotopic (exact) mass is 374 g/mol. The molecular formula is C16H10Cl4O2. The number of halogens is 4. The van der Waals surface area contributed by atoms with E-state index in [-0.39, 0.29) is 0 Å². The van der Waals surface area contributed by atoms with Gasteiger partial charge in [0.1, 0.15) is 24.7 Å². The lowest BCUT2D eigenvalue weighted by Crippen LogP contribution is -2.10. The summed E-state index contributed by atoms with van der Waals surface area (Å²) < 4.78 is 11.3. The molecule has 0 aromatic heterocycles. The summed E-state index contributed by atoms with van der Waals surface area (Å²) in [6.45, 7) is 0.760. The average Bonchev–Trinajstić information content (AvgIpc) is 2.46. The molecule has 0 aliphatic carbocycles. The maximum Gasteiger partial charge on any atom is 0.146 e. The molecule has 1 heterocycles. The number of hydrogen-bond acceptors (Lipinski definition) is 2. The van der Waals surface area contributed by atoms with Gasteiger partial charge in [0.15, 0.2) is 0 Å². The van der Waals surface area contributed by atoms with Gasteiger partial charge in [-0.2, -0.15) is 0 Å². The SMILES string of the molecule is Clc1ccc(OCC2=CCOc3c(Cl)cc(Cl)cc32)c(Cl)c1. The lowest BCUT2D eigenvalue weighted by molar-refractivity contribution is 0.343. The second-order valence-corrected chi connectivity index (χ2v) is 6.36. The molecule has 0 saturated heterocycles. The molecule has 0 spiro atoms. The maximum atomic E-state index is 6.16. The van der Waals surface area contributed by atoms with Crippen LogP contribution in [0.4, 0.5) is 0 Å². The van der Waals surface area contributed by atoms with E-state index in [1.54, 1.807) is 30.3 Å². The molecule has 0 saturated carbocycles. The first-order valence-corrected chi connectivity index (χ1v) is 7.95. The minimum absolute atomic E-state index is 0.328. The Labute approximate surface area is 148 Å². The van der Waals surface area contributed by atoms with Crippen LogP contribution in [0.2, 0.25) is 20.1 Å². The van der Waals surface area contributed by atoms with Gasteiger partial charge in [0, 0.05) is 15.6 Å². The van der Waals surface area contributed by atoms with Crippen molar-refractivity contribution in [3.63, 3.8) is 0 Å². The average molecular weight is 376 g/mol. The molecular weight excluding hydrogens is 366 g/mol. The quantitative estimate of drug-likeness (QED) is 0.639. The highest BCUT2D eigenvalue weighted by Crippen LogP contribution is 2.39. The van der Waals surface area contributed by atoms with E-state index in [0.29, 0.717) is 44.8 Å². The Bertz CT molecular complexity index is 756. The topological polar surface area (TPSA) is 18.5 Å². The van der Waals surface area contributed by atoms with Gasteiger partial charge in [-0.05, 0) is 42.0 Å². The van der Waals surface area contributed by atoms with Crippen LogP contribution in [0.3, 0.4) is 0 Å². The molecule has 0 bridgehead atoms. The van der Waals surface area contributed by atoms with E-state index in [4.69, 9.17) is 55.9 Å². The van der Waals surface area contributed by atoms with E-state index in [1.165, 1.54) is 0 Å². The Morgan fingerprint density at radius 2 is 1.73 bits per heavy atom. The zero-order valence-corrected chi connectivity index (χ0v) is 14.2. The zero-order chi connectivity index (χ0) is 15.7. The number of rotatable bonds is 3. The second kappa shape index (κ2) is 6.59. The van der Waals surface area contributed by atoms with E-state index in [1.807, 2.05) is 6.08 Å². The third kappa shape index (κ3) is 3.31. The van der Waals surface area contributed by atoms with E-state index < -0.39 is 0 Å². The van der Waals surface area contributed by atoms with Gasteiger partial charge in [0.25, 0.3) is 0 Å². The van der Waals surface area contributed by atoms with Gasteiger partial charge < -0.3 is 9.47 Å². The van der Waals surface area contributed by atoms with Crippen molar-refractivity contribution >= 4 is 52.0 Å². The van der Waals surface area contributed by atoms with Gasteiger partial charge in [0.2, 0.25) is 0 Å². The molecule has 22 heavy (non-hydrogen) atoms. The first kappa shape index (κ1) is 15.8. The molecule has 0 atom stereocenters. The molecule has 114 valence electrons. The highest BCUT2D eigenvalue weighted by molar-refractivity contribution is 6.36. The van der Waals surface area contributed by atoms with Crippen molar-refractivity contribution in [2.24, 2.45) is 0 Å². The van der Waals surface area contributed by atoms with E-state index >= 15 is 0 Å². The smallest absolute Gasteiger partial charge is 0.146 e. The zero-order valence-electron chi connectivity index (χ0n) is 11.2. The van der Waals surface area contributed by atoms with Gasteiger partial charge in [-0.15, -0.1) is 0 Å². The van der Waals surface area contributed by atoms with Crippen LogP contribution in [0.5, 0.6) is 11.5 Å². The highest BCUT2D eigenvalue weighted by atomic mass is 35.5. The molecule has 3 rings (SSSR count). The van der Waals surface area contributed by atoms with E-state index in [9.17, 15) is 0 Å². The summed E-state index contributed by atoms with van der Waals surface area (Å²) in [4.78, 5) is 0. The summed E-state index contributed by atoms with van der Waals surface area (Å²) in [7, 11) is 0. The van der Waals surface area contributed by atoms with Gasteiger partial charge >= 0.3 is 0 Å². The van der Waals surface area contributed by atoms with Crippen LogP contribution in [0.15, 0.2) is 36.4 Å². The van der Waals surface area contributed by atoms with Crippen LogP contribution in [0, 0.1) is 0 Å². The van der Waals surface area contributed by atoms with E-state index in [0.717, 1.165) is 11.1 Å². The van der Waals surface area contributed by atoms with Crippen LogP contribution >= 0.6 is 46.4 Å². The van der Waals surface area contributed by atoms with Crippen LogP contribution in [-0.4, -0.2) is 13.2 Å². The minimum Gasteiger partial charge on any atom is -0.487 e. The molecule has 0 amide bonds. The Balaban J connectivity index is 1.84. The van der Waals surface area contributed by atoms with Crippen LogP contribution < -0.4 is 9.47 Å². The fraction of sp³-hybridized carbons (Fsp3) is 0.125. The number of fused-ring (bicyclic) bond motifs is 1. The van der Waals surface area contributed by atoms with Crippen molar-refractivity contribution in [1.82, 2.24) is 0 Å². The van der Waals surface area contributed by atoms with Crippen LogP contribution in [0.1, 0.15) is 5.56 Å². The summed E-state index contributed by atoms with van der Waals surface area (Å²) in [5, 5.41) is 2.05. The number of ether oxygens (including phenoxy) is 2. The third-order valence-electron chi connectivity index (χ3n) is 3.19. The highest BCUT2D eigenvalue weighted by Gasteiger charge is 2.18. The molecule has 6 heteroatoms. The molecule has 1 aliphatic heterocycles. The first-order valence-electron chi connectivity index (χ1n) is 6.43. The van der Waals surface area contributed by atoms with Crippen molar-refractivity contribution < 1.29 is 9.47 Å². The van der Waals surface area contributed by atoms with Gasteiger partial charge in [-0.1, -0.05) is 46.4 Å². The summed E-state index contributed by atoms with van der Waals surface area (Å²) in [6.07, 6.45) is 1.93. The third-order valence-corrected chi connectivity index (χ3v) is 4.22. The molecule has 1 aliphatic rings. The largest absolute Gasteiger partial charge is 0.487 e. The summed E-state index contributed by atoms with van der Waals surface area (Å²) in [5.74, 6) is 1.18. The van der Waals surface area contributed by atoms with Crippen molar-refractivity contribution in [2.45, 2.75) is 0 Å². The summed E-state index contributed by atoms with van der Waals surface area (Å²) >= 11 is 24.2. The summed E-state index contributed by atoms with van der Waals surface area (Å²) in [5.41, 5.74) is 1.77. The van der Waals surface area contributed by atoms with Crippen LogP contribution in [0.25, 0.3) is 5.57 Å². The maximum absolute atomic E-state index is 6.16. The molecule has 0 unspecified atom stereocenters. The van der Waals surface area contributed by atoms with E-state index in [2.05, 4.69) is 0 Å². The van der Waals surface area contributed by atoms with Crippen LogP contribution in [-0.2, 0) is 0 Å². The first-order chi connectivity index (χ1) is 10.5. The lowest BCUT2D eigenvalue weighted by Gasteiger charge is -2.20. The number of benzene rings is 2. The Hall–Kier alpha value is -1.06. The Morgan fingerprint density at radius 3 is 2.50 bits per heavy atom. The van der Waals surface area contributed by atoms with Gasteiger partial charge in [-0.25, -0.2) is 0 Å². The van der Waals surface area contributed by atoms with Crippen molar-refractivity contribution in [1.29, 1.82) is 0 Å². The fourth-order valence-electron chi connectivity index (χ4n) is 2.17. The lowest BCUT2D eigenvalue weighted by atomic mass is 10.0. The minimum atomic E-state index is 0.328. The molecule has 0 N–H and O–H groups in total. The standard InChI is InChI=1S/C16H10Cl4O2/c17-10-1-2-15(13(19)6-10)22-8-9-3-4-21-16-12(9)5-11(18)7-14(16)20/h1-3,5-7H,4,8H2. The predicted octanol–water partition coefficient (Wildman–Crippen LogP) is 6.16.